The lowest BCUT2D eigenvalue weighted by Gasteiger charge is -2.34. The van der Waals surface area contributed by atoms with Crippen LogP contribution in [0.4, 0.5) is 4.39 Å². The molecule has 6 nitrogen and oxygen atoms in total. The Balaban J connectivity index is 0.00000280. The first-order valence-electron chi connectivity index (χ1n) is 8.63. The highest BCUT2D eigenvalue weighted by molar-refractivity contribution is 7.89. The third-order valence-electron chi connectivity index (χ3n) is 4.62. The van der Waals surface area contributed by atoms with Gasteiger partial charge in [0.1, 0.15) is 22.2 Å². The monoisotopic (exact) mass is 429 g/mol. The smallest absolute Gasteiger partial charge is 0.246 e. The SMILES string of the molecule is COc1ccc(S(=O)(=O)N2CCN(Cc3cccc(F)c3)CC2)c(OC)c1.[Cl-]. The van der Waals surface area contributed by atoms with Crippen molar-refractivity contribution in [1.29, 1.82) is 0 Å². The van der Waals surface area contributed by atoms with Gasteiger partial charge in [-0.2, -0.15) is 4.31 Å². The molecule has 0 N–H and O–H groups in total. The number of halogens is 2. The summed E-state index contributed by atoms with van der Waals surface area (Å²) in [5.74, 6) is 0.530. The number of hydrogen-bond donors (Lipinski definition) is 0. The molecule has 0 radical (unpaired) electrons. The maximum atomic E-state index is 13.3. The van der Waals surface area contributed by atoms with Gasteiger partial charge in [0, 0.05) is 38.8 Å². The zero-order chi connectivity index (χ0) is 19.4. The Morgan fingerprint density at radius 2 is 1.71 bits per heavy atom. The van der Waals surface area contributed by atoms with Gasteiger partial charge in [-0.05, 0) is 29.8 Å². The van der Waals surface area contributed by atoms with Crippen LogP contribution in [0.15, 0.2) is 47.4 Å². The van der Waals surface area contributed by atoms with Gasteiger partial charge in [-0.15, -0.1) is 0 Å². The summed E-state index contributed by atoms with van der Waals surface area (Å²) in [7, 11) is -0.717. The Morgan fingerprint density at radius 3 is 2.32 bits per heavy atom. The van der Waals surface area contributed by atoms with Crippen molar-refractivity contribution < 1.29 is 34.7 Å². The molecule has 0 spiro atoms. The Labute approximate surface area is 171 Å². The van der Waals surface area contributed by atoms with Crippen LogP contribution < -0.4 is 21.9 Å². The summed E-state index contributed by atoms with van der Waals surface area (Å²) in [4.78, 5) is 2.25. The van der Waals surface area contributed by atoms with Gasteiger partial charge in [0.25, 0.3) is 0 Å². The lowest BCUT2D eigenvalue weighted by molar-refractivity contribution is -0.00000962. The molecule has 0 bridgehead atoms. The zero-order valence-corrected chi connectivity index (χ0v) is 17.3. The van der Waals surface area contributed by atoms with Crippen molar-refractivity contribution in [3.05, 3.63) is 53.8 Å². The van der Waals surface area contributed by atoms with Gasteiger partial charge in [-0.3, -0.25) is 4.90 Å². The number of piperazine rings is 1. The zero-order valence-electron chi connectivity index (χ0n) is 15.8. The standard InChI is InChI=1S/C19H23FN2O4S.ClH/c1-25-17-6-7-19(18(13-17)26-2)27(23,24)22-10-8-21(9-11-22)14-15-4-3-5-16(20)12-15;/h3-7,12-13H,8-11,14H2,1-2H3;1H/p-1. The first kappa shape index (κ1) is 22.4. The van der Waals surface area contributed by atoms with E-state index in [4.69, 9.17) is 9.47 Å². The molecule has 0 atom stereocenters. The maximum Gasteiger partial charge on any atom is 0.246 e. The summed E-state index contributed by atoms with van der Waals surface area (Å²) < 4.78 is 51.2. The van der Waals surface area contributed by atoms with Crippen molar-refractivity contribution >= 4 is 10.0 Å². The molecule has 9 heteroatoms. The number of hydrogen-bond acceptors (Lipinski definition) is 5. The van der Waals surface area contributed by atoms with Gasteiger partial charge in [0.2, 0.25) is 10.0 Å². The molecular weight excluding hydrogens is 407 g/mol. The first-order chi connectivity index (χ1) is 12.9. The fraction of sp³-hybridized carbons (Fsp3) is 0.368. The summed E-state index contributed by atoms with van der Waals surface area (Å²) in [6.45, 7) is 2.49. The van der Waals surface area contributed by atoms with Crippen molar-refractivity contribution in [2.75, 3.05) is 40.4 Å². The normalized spacial score (nSPS) is 15.7. The molecule has 1 saturated heterocycles. The Morgan fingerprint density at radius 1 is 1.00 bits per heavy atom. The molecule has 154 valence electrons. The highest BCUT2D eigenvalue weighted by Gasteiger charge is 2.31. The van der Waals surface area contributed by atoms with Crippen molar-refractivity contribution in [3.8, 4) is 11.5 Å². The van der Waals surface area contributed by atoms with E-state index in [1.165, 1.54) is 36.7 Å². The topological polar surface area (TPSA) is 59.1 Å². The van der Waals surface area contributed by atoms with Crippen LogP contribution in [0.2, 0.25) is 0 Å². The number of nitrogens with zero attached hydrogens (tertiary/aromatic N) is 2. The molecule has 0 aliphatic carbocycles. The number of methoxy groups -OCH3 is 2. The summed E-state index contributed by atoms with van der Waals surface area (Å²) >= 11 is 0. The van der Waals surface area contributed by atoms with E-state index in [0.717, 1.165) is 5.56 Å². The fourth-order valence-electron chi connectivity index (χ4n) is 3.15. The molecule has 0 aromatic heterocycles. The number of rotatable bonds is 6. The average molecular weight is 430 g/mol. The second kappa shape index (κ2) is 9.56. The van der Waals surface area contributed by atoms with Crippen LogP contribution in [-0.2, 0) is 16.6 Å². The Kier molecular flexibility index (Phi) is 7.65. The van der Waals surface area contributed by atoms with E-state index in [0.29, 0.717) is 38.5 Å². The minimum atomic E-state index is -3.67. The molecule has 1 aliphatic rings. The second-order valence-corrected chi connectivity index (χ2v) is 8.23. The molecule has 0 saturated carbocycles. The highest BCUT2D eigenvalue weighted by Crippen LogP contribution is 2.31. The molecule has 2 aromatic carbocycles. The number of sulfonamides is 1. The molecule has 0 amide bonds. The van der Waals surface area contributed by atoms with E-state index in [1.54, 1.807) is 18.2 Å². The van der Waals surface area contributed by atoms with Gasteiger partial charge >= 0.3 is 0 Å². The van der Waals surface area contributed by atoms with E-state index in [2.05, 4.69) is 4.90 Å². The van der Waals surface area contributed by atoms with Crippen LogP contribution >= 0.6 is 0 Å². The second-order valence-electron chi connectivity index (χ2n) is 6.33. The largest absolute Gasteiger partial charge is 1.00 e. The van der Waals surface area contributed by atoms with Crippen molar-refractivity contribution in [3.63, 3.8) is 0 Å². The van der Waals surface area contributed by atoms with Crippen molar-refractivity contribution in [2.24, 2.45) is 0 Å². The molecular formula is C19H23ClFN2O4S-. The summed E-state index contributed by atoms with van der Waals surface area (Å²) in [5, 5.41) is 0. The van der Waals surface area contributed by atoms with Crippen LogP contribution in [0.3, 0.4) is 0 Å². The minimum absolute atomic E-state index is 0. The molecule has 1 fully saturated rings. The average Bonchev–Trinajstić information content (AvgIpc) is 2.68. The number of ether oxygens (including phenoxy) is 2. The van der Waals surface area contributed by atoms with E-state index in [1.807, 2.05) is 6.07 Å². The van der Waals surface area contributed by atoms with Crippen LogP contribution in [0.1, 0.15) is 5.56 Å². The summed E-state index contributed by atoms with van der Waals surface area (Å²) in [5.41, 5.74) is 0.878. The van der Waals surface area contributed by atoms with Crippen molar-refractivity contribution in [2.45, 2.75) is 11.4 Å². The van der Waals surface area contributed by atoms with Crippen LogP contribution in [0, 0.1) is 5.82 Å². The van der Waals surface area contributed by atoms with Gasteiger partial charge in [-0.25, -0.2) is 12.8 Å². The lowest BCUT2D eigenvalue weighted by atomic mass is 10.2. The fourth-order valence-corrected chi connectivity index (χ4v) is 4.71. The molecule has 0 unspecified atom stereocenters. The molecule has 1 heterocycles. The van der Waals surface area contributed by atoms with Crippen molar-refractivity contribution in [1.82, 2.24) is 9.21 Å². The van der Waals surface area contributed by atoms with Gasteiger partial charge in [0.05, 0.1) is 14.2 Å². The molecule has 3 rings (SSSR count). The van der Waals surface area contributed by atoms with E-state index in [-0.39, 0.29) is 28.9 Å². The highest BCUT2D eigenvalue weighted by atomic mass is 35.5. The van der Waals surface area contributed by atoms with Gasteiger partial charge in [0.15, 0.2) is 0 Å². The van der Waals surface area contributed by atoms with Gasteiger partial charge in [-0.1, -0.05) is 12.1 Å². The maximum absolute atomic E-state index is 13.3. The Bertz CT molecular complexity index is 903. The van der Waals surface area contributed by atoms with Gasteiger partial charge < -0.3 is 21.9 Å². The quantitative estimate of drug-likeness (QED) is 0.611. The van der Waals surface area contributed by atoms with E-state index >= 15 is 0 Å². The number of benzene rings is 2. The third-order valence-corrected chi connectivity index (χ3v) is 6.55. The van der Waals surface area contributed by atoms with Crippen LogP contribution in [0.5, 0.6) is 11.5 Å². The van der Waals surface area contributed by atoms with E-state index < -0.39 is 10.0 Å². The predicted octanol–water partition coefficient (Wildman–Crippen LogP) is -0.647. The molecule has 28 heavy (non-hydrogen) atoms. The van der Waals surface area contributed by atoms with E-state index in [9.17, 15) is 12.8 Å². The lowest BCUT2D eigenvalue weighted by Crippen LogP contribution is -3.00. The predicted molar refractivity (Wildman–Crippen MR) is 100.0 cm³/mol. The molecule has 1 aliphatic heterocycles. The summed E-state index contributed by atoms with van der Waals surface area (Å²) in [6, 6.07) is 11.1. The first-order valence-corrected chi connectivity index (χ1v) is 10.1. The third kappa shape index (κ3) is 4.94. The summed E-state index contributed by atoms with van der Waals surface area (Å²) in [6.07, 6.45) is 0. The van der Waals surface area contributed by atoms with Crippen LogP contribution in [0.25, 0.3) is 0 Å². The molecule has 2 aromatic rings. The van der Waals surface area contributed by atoms with Crippen LogP contribution in [-0.4, -0.2) is 58.0 Å². The Hall–Kier alpha value is -1.87. The minimum Gasteiger partial charge on any atom is -1.00 e.